The molecule has 0 spiro atoms. The van der Waals surface area contributed by atoms with E-state index in [-0.39, 0.29) is 5.92 Å². The van der Waals surface area contributed by atoms with Crippen LogP contribution >= 0.6 is 0 Å². The summed E-state index contributed by atoms with van der Waals surface area (Å²) in [5.41, 5.74) is 1.02. The summed E-state index contributed by atoms with van der Waals surface area (Å²) in [6.07, 6.45) is 1.01. The first-order valence-electron chi connectivity index (χ1n) is 5.62. The van der Waals surface area contributed by atoms with Crippen LogP contribution in [-0.4, -0.2) is 13.2 Å². The van der Waals surface area contributed by atoms with Gasteiger partial charge in [0.2, 0.25) is 0 Å². The molecule has 1 rings (SSSR count). The number of nitriles is 1. The first-order valence-corrected chi connectivity index (χ1v) is 5.62. The normalized spacial score (nSPS) is 11.6. The van der Waals surface area contributed by atoms with Crippen molar-refractivity contribution >= 4 is 5.69 Å². The molecule has 3 heteroatoms. The Bertz CT molecular complexity index is 340. The maximum atomic E-state index is 8.64. The molecule has 1 aromatic rings. The average molecular weight is 218 g/mol. The molecule has 1 N–H and O–H groups in total. The quantitative estimate of drug-likeness (QED) is 0.798. The van der Waals surface area contributed by atoms with Gasteiger partial charge in [-0.25, -0.2) is 0 Å². The van der Waals surface area contributed by atoms with Crippen LogP contribution in [-0.2, 0) is 0 Å². The summed E-state index contributed by atoms with van der Waals surface area (Å²) in [5, 5.41) is 11.8. The molecule has 0 saturated carbocycles. The van der Waals surface area contributed by atoms with Crippen LogP contribution < -0.4 is 10.1 Å². The van der Waals surface area contributed by atoms with E-state index in [1.54, 1.807) is 0 Å². The zero-order valence-corrected chi connectivity index (χ0v) is 9.86. The van der Waals surface area contributed by atoms with E-state index in [2.05, 4.69) is 18.3 Å². The Morgan fingerprint density at radius 3 is 2.62 bits per heavy atom. The largest absolute Gasteiger partial charge is 0.494 e. The third-order valence-corrected chi connectivity index (χ3v) is 2.16. The Hall–Kier alpha value is -1.69. The second-order valence-corrected chi connectivity index (χ2v) is 3.78. The van der Waals surface area contributed by atoms with E-state index in [4.69, 9.17) is 10.00 Å². The van der Waals surface area contributed by atoms with E-state index in [9.17, 15) is 0 Å². The van der Waals surface area contributed by atoms with Gasteiger partial charge < -0.3 is 10.1 Å². The zero-order valence-electron chi connectivity index (χ0n) is 9.86. The minimum Gasteiger partial charge on any atom is -0.494 e. The number of benzene rings is 1. The monoisotopic (exact) mass is 218 g/mol. The molecular formula is C13H18N2O. The molecular weight excluding hydrogens is 200 g/mol. The molecule has 0 bridgehead atoms. The lowest BCUT2D eigenvalue weighted by atomic mass is 10.2. The standard InChI is InChI=1S/C13H18N2O/c1-3-8-16-13-6-4-12(5-7-13)15-10-11(2)9-14/h4-7,11,15H,3,8,10H2,1-2H3. The zero-order chi connectivity index (χ0) is 11.8. The van der Waals surface area contributed by atoms with Gasteiger partial charge in [0.1, 0.15) is 5.75 Å². The minimum absolute atomic E-state index is 0.0241. The third-order valence-electron chi connectivity index (χ3n) is 2.16. The van der Waals surface area contributed by atoms with Gasteiger partial charge in [0.25, 0.3) is 0 Å². The highest BCUT2D eigenvalue weighted by Crippen LogP contribution is 2.16. The highest BCUT2D eigenvalue weighted by molar-refractivity contribution is 5.46. The van der Waals surface area contributed by atoms with E-state index in [1.807, 2.05) is 31.2 Å². The van der Waals surface area contributed by atoms with E-state index in [0.29, 0.717) is 6.54 Å². The van der Waals surface area contributed by atoms with Crippen molar-refractivity contribution in [2.75, 3.05) is 18.5 Å². The topological polar surface area (TPSA) is 45.0 Å². The summed E-state index contributed by atoms with van der Waals surface area (Å²) in [6.45, 7) is 5.40. The molecule has 16 heavy (non-hydrogen) atoms. The molecule has 1 aromatic carbocycles. The van der Waals surface area contributed by atoms with Crippen molar-refractivity contribution in [1.29, 1.82) is 5.26 Å². The highest BCUT2D eigenvalue weighted by Gasteiger charge is 1.99. The molecule has 1 unspecified atom stereocenters. The molecule has 0 heterocycles. The average Bonchev–Trinajstić information content (AvgIpc) is 2.34. The van der Waals surface area contributed by atoms with Gasteiger partial charge in [-0.3, -0.25) is 0 Å². The maximum Gasteiger partial charge on any atom is 0.119 e. The lowest BCUT2D eigenvalue weighted by Gasteiger charge is -2.09. The van der Waals surface area contributed by atoms with Crippen molar-refractivity contribution in [2.24, 2.45) is 5.92 Å². The Morgan fingerprint density at radius 2 is 2.06 bits per heavy atom. The van der Waals surface area contributed by atoms with Crippen molar-refractivity contribution in [2.45, 2.75) is 20.3 Å². The number of rotatable bonds is 6. The first-order chi connectivity index (χ1) is 7.76. The molecule has 86 valence electrons. The van der Waals surface area contributed by atoms with E-state index >= 15 is 0 Å². The molecule has 1 atom stereocenters. The highest BCUT2D eigenvalue weighted by atomic mass is 16.5. The Balaban J connectivity index is 2.42. The molecule has 0 fully saturated rings. The fourth-order valence-electron chi connectivity index (χ4n) is 1.21. The number of nitrogens with zero attached hydrogens (tertiary/aromatic N) is 1. The van der Waals surface area contributed by atoms with Crippen LogP contribution in [0.15, 0.2) is 24.3 Å². The van der Waals surface area contributed by atoms with Crippen molar-refractivity contribution in [1.82, 2.24) is 0 Å². The van der Waals surface area contributed by atoms with Crippen molar-refractivity contribution in [3.05, 3.63) is 24.3 Å². The van der Waals surface area contributed by atoms with E-state index in [0.717, 1.165) is 24.5 Å². The summed E-state index contributed by atoms with van der Waals surface area (Å²) in [6, 6.07) is 10.0. The number of ether oxygens (including phenoxy) is 1. The molecule has 0 radical (unpaired) electrons. The van der Waals surface area contributed by atoms with Gasteiger partial charge in [0, 0.05) is 12.2 Å². The fraction of sp³-hybridized carbons (Fsp3) is 0.462. The van der Waals surface area contributed by atoms with Crippen LogP contribution in [0.4, 0.5) is 5.69 Å². The summed E-state index contributed by atoms with van der Waals surface area (Å²) < 4.78 is 5.48. The molecule has 0 aliphatic rings. The van der Waals surface area contributed by atoms with Crippen LogP contribution in [0.25, 0.3) is 0 Å². The van der Waals surface area contributed by atoms with Gasteiger partial charge in [-0.15, -0.1) is 0 Å². The predicted molar refractivity (Wildman–Crippen MR) is 65.5 cm³/mol. The van der Waals surface area contributed by atoms with Crippen LogP contribution in [0.1, 0.15) is 20.3 Å². The van der Waals surface area contributed by atoms with Crippen LogP contribution in [0.3, 0.4) is 0 Å². The molecule has 0 aliphatic heterocycles. The fourth-order valence-corrected chi connectivity index (χ4v) is 1.21. The molecule has 0 aliphatic carbocycles. The van der Waals surface area contributed by atoms with E-state index in [1.165, 1.54) is 0 Å². The van der Waals surface area contributed by atoms with E-state index < -0.39 is 0 Å². The van der Waals surface area contributed by atoms with Crippen LogP contribution in [0.2, 0.25) is 0 Å². The Kier molecular flexibility index (Phi) is 5.21. The predicted octanol–water partition coefficient (Wildman–Crippen LogP) is 3.05. The number of anilines is 1. The number of nitrogens with one attached hydrogen (secondary N) is 1. The minimum atomic E-state index is 0.0241. The van der Waals surface area contributed by atoms with Gasteiger partial charge in [0.15, 0.2) is 0 Å². The second-order valence-electron chi connectivity index (χ2n) is 3.78. The molecule has 0 saturated heterocycles. The summed E-state index contributed by atoms with van der Waals surface area (Å²) in [4.78, 5) is 0. The maximum absolute atomic E-state index is 8.64. The van der Waals surface area contributed by atoms with Gasteiger partial charge in [-0.1, -0.05) is 6.92 Å². The third kappa shape index (κ3) is 4.22. The number of hydrogen-bond acceptors (Lipinski definition) is 3. The second kappa shape index (κ2) is 6.73. The first kappa shape index (κ1) is 12.4. The molecule has 0 aromatic heterocycles. The van der Waals surface area contributed by atoms with Gasteiger partial charge in [0.05, 0.1) is 18.6 Å². The van der Waals surface area contributed by atoms with Gasteiger partial charge >= 0.3 is 0 Å². The smallest absolute Gasteiger partial charge is 0.119 e. The van der Waals surface area contributed by atoms with Crippen LogP contribution in [0.5, 0.6) is 5.75 Å². The molecule has 0 amide bonds. The number of hydrogen-bond donors (Lipinski definition) is 1. The van der Waals surface area contributed by atoms with Crippen molar-refractivity contribution < 1.29 is 4.74 Å². The Morgan fingerprint density at radius 1 is 1.38 bits per heavy atom. The summed E-state index contributed by atoms with van der Waals surface area (Å²) >= 11 is 0. The SMILES string of the molecule is CCCOc1ccc(NCC(C)C#N)cc1. The summed E-state index contributed by atoms with van der Waals surface area (Å²) in [5.74, 6) is 0.914. The summed E-state index contributed by atoms with van der Waals surface area (Å²) in [7, 11) is 0. The Labute approximate surface area is 97.0 Å². The molecule has 3 nitrogen and oxygen atoms in total. The van der Waals surface area contributed by atoms with Gasteiger partial charge in [-0.2, -0.15) is 5.26 Å². The lowest BCUT2D eigenvalue weighted by Crippen LogP contribution is -2.09. The van der Waals surface area contributed by atoms with Crippen molar-refractivity contribution in [3.63, 3.8) is 0 Å². The van der Waals surface area contributed by atoms with Crippen molar-refractivity contribution in [3.8, 4) is 11.8 Å². The van der Waals surface area contributed by atoms with Crippen LogP contribution in [0, 0.1) is 17.2 Å². The van der Waals surface area contributed by atoms with Gasteiger partial charge in [-0.05, 0) is 37.6 Å². The lowest BCUT2D eigenvalue weighted by molar-refractivity contribution is 0.317.